The van der Waals surface area contributed by atoms with E-state index in [0.717, 1.165) is 0 Å². The first-order valence-corrected chi connectivity index (χ1v) is 7.49. The molecule has 0 aliphatic heterocycles. The molecule has 0 aliphatic carbocycles. The van der Waals surface area contributed by atoms with Crippen molar-refractivity contribution >= 4 is 10.9 Å². The molecule has 0 saturated carbocycles. The van der Waals surface area contributed by atoms with Gasteiger partial charge in [0.15, 0.2) is 9.79 Å². The van der Waals surface area contributed by atoms with Gasteiger partial charge in [0.05, 0.1) is 15.8 Å². The van der Waals surface area contributed by atoms with E-state index in [1.54, 1.807) is 0 Å². The minimum atomic E-state index is -0.0702. The van der Waals surface area contributed by atoms with Crippen LogP contribution >= 0.6 is 0 Å². The summed E-state index contributed by atoms with van der Waals surface area (Å²) < 4.78 is 0. The molecule has 92 valence electrons. The molecule has 19 heavy (non-hydrogen) atoms. The fraction of sp³-hybridized carbons (Fsp3) is 0. The maximum absolute atomic E-state index is 3.38. The standard InChI is InChI=1S/C18H14S/c1-4-10-16(11-5-1)19(17-12-6-2-7-13-17)18-14-8-3-9-15-18/h1-14H. The molecule has 0 aliphatic rings. The number of rotatable bonds is 3. The summed E-state index contributed by atoms with van der Waals surface area (Å²) >= 11 is 0. The molecule has 0 unspecified atom stereocenters. The first kappa shape index (κ1) is 12.1. The van der Waals surface area contributed by atoms with E-state index in [-0.39, 0.29) is 10.9 Å². The molecule has 0 nitrogen and oxygen atoms in total. The maximum Gasteiger partial charge on any atom is 0.164 e. The largest absolute Gasteiger partial charge is 0.172 e. The van der Waals surface area contributed by atoms with E-state index >= 15 is 0 Å². The Balaban J connectivity index is 2.12. The van der Waals surface area contributed by atoms with Crippen molar-refractivity contribution in [1.29, 1.82) is 0 Å². The summed E-state index contributed by atoms with van der Waals surface area (Å²) in [6.07, 6.45) is 0. The summed E-state index contributed by atoms with van der Waals surface area (Å²) in [7, 11) is -0.0702. The van der Waals surface area contributed by atoms with Crippen molar-refractivity contribution in [2.45, 2.75) is 14.7 Å². The van der Waals surface area contributed by atoms with Crippen LogP contribution in [0.2, 0.25) is 0 Å². The second-order valence-corrected chi connectivity index (χ2v) is 6.15. The van der Waals surface area contributed by atoms with Crippen molar-refractivity contribution in [1.82, 2.24) is 0 Å². The number of benzene rings is 3. The third kappa shape index (κ3) is 2.72. The van der Waals surface area contributed by atoms with E-state index in [2.05, 4.69) is 78.9 Å². The first-order chi connectivity index (χ1) is 9.45. The molecule has 0 radical (unpaired) electrons. The molecule has 0 saturated heterocycles. The van der Waals surface area contributed by atoms with Gasteiger partial charge in [0.2, 0.25) is 0 Å². The molecule has 0 spiro atoms. The third-order valence-corrected chi connectivity index (χ3v) is 5.04. The van der Waals surface area contributed by atoms with E-state index in [9.17, 15) is 0 Å². The zero-order chi connectivity index (χ0) is 12.9. The fourth-order valence-electron chi connectivity index (χ4n) is 2.01. The lowest BCUT2D eigenvalue weighted by Crippen LogP contribution is -2.04. The molecule has 3 aromatic carbocycles. The molecular formula is C18H14S. The molecular weight excluding hydrogens is 248 g/mol. The normalized spacial score (nSPS) is 10.6. The van der Waals surface area contributed by atoms with Gasteiger partial charge >= 0.3 is 0 Å². The molecule has 0 heterocycles. The van der Waals surface area contributed by atoms with E-state index < -0.39 is 0 Å². The molecule has 0 bridgehead atoms. The highest BCUT2D eigenvalue weighted by Gasteiger charge is 2.24. The van der Waals surface area contributed by atoms with Crippen LogP contribution in [0.5, 0.6) is 0 Å². The zero-order valence-electron chi connectivity index (χ0n) is 10.5. The predicted octanol–water partition coefficient (Wildman–Crippen LogP) is 4.58. The lowest BCUT2D eigenvalue weighted by molar-refractivity contribution is 1.31. The molecule has 3 rings (SSSR count). The smallest absolute Gasteiger partial charge is 0.164 e. The summed E-state index contributed by atoms with van der Waals surface area (Å²) in [5.74, 6) is 0. The average molecular weight is 262 g/mol. The van der Waals surface area contributed by atoms with Crippen LogP contribution in [0, 0.1) is 6.07 Å². The molecule has 3 aromatic rings. The van der Waals surface area contributed by atoms with Crippen LogP contribution in [0.3, 0.4) is 0 Å². The Kier molecular flexibility index (Phi) is 3.66. The molecule has 0 N–H and O–H groups in total. The molecule has 0 amide bonds. The summed E-state index contributed by atoms with van der Waals surface area (Å²) in [5.41, 5.74) is 0. The number of hydrogen-bond acceptors (Lipinski definition) is 0. The molecule has 0 atom stereocenters. The second-order valence-electron chi connectivity index (χ2n) is 4.16. The summed E-state index contributed by atoms with van der Waals surface area (Å²) in [6.45, 7) is 0. The van der Waals surface area contributed by atoms with E-state index in [1.807, 2.05) is 12.1 Å². The highest BCUT2D eigenvalue weighted by atomic mass is 32.2. The minimum Gasteiger partial charge on any atom is -0.172 e. The van der Waals surface area contributed by atoms with Gasteiger partial charge in [-0.05, 0) is 24.3 Å². The zero-order valence-corrected chi connectivity index (χ0v) is 11.3. The van der Waals surface area contributed by atoms with Crippen LogP contribution in [0.25, 0.3) is 0 Å². The average Bonchev–Trinajstić information content (AvgIpc) is 2.51. The monoisotopic (exact) mass is 262 g/mol. The van der Waals surface area contributed by atoms with Crippen molar-refractivity contribution in [3.8, 4) is 0 Å². The van der Waals surface area contributed by atoms with Gasteiger partial charge < -0.3 is 0 Å². The van der Waals surface area contributed by atoms with E-state index in [1.165, 1.54) is 14.7 Å². The van der Waals surface area contributed by atoms with Gasteiger partial charge in [0, 0.05) is 0 Å². The van der Waals surface area contributed by atoms with Crippen molar-refractivity contribution in [3.05, 3.63) is 91.0 Å². The van der Waals surface area contributed by atoms with Crippen LogP contribution in [-0.4, -0.2) is 0 Å². The van der Waals surface area contributed by atoms with Crippen molar-refractivity contribution in [2.24, 2.45) is 0 Å². The van der Waals surface area contributed by atoms with Gasteiger partial charge in [0.25, 0.3) is 0 Å². The second kappa shape index (κ2) is 5.77. The van der Waals surface area contributed by atoms with Crippen molar-refractivity contribution in [3.63, 3.8) is 0 Å². The summed E-state index contributed by atoms with van der Waals surface area (Å²) in [6, 6.07) is 32.9. The Bertz CT molecular complexity index is 524. The Morgan fingerprint density at radius 1 is 0.579 bits per heavy atom. The SMILES string of the molecule is [c-]1ccccc1[S+](c1ccccc1)c1ccccc1. The fourth-order valence-corrected chi connectivity index (χ4v) is 4.05. The van der Waals surface area contributed by atoms with E-state index in [4.69, 9.17) is 0 Å². The highest BCUT2D eigenvalue weighted by Crippen LogP contribution is 2.30. The molecule has 0 fully saturated rings. The van der Waals surface area contributed by atoms with Crippen LogP contribution in [0.15, 0.2) is 99.6 Å². The van der Waals surface area contributed by atoms with Crippen molar-refractivity contribution < 1.29 is 0 Å². The highest BCUT2D eigenvalue weighted by molar-refractivity contribution is 7.97. The molecule has 0 aromatic heterocycles. The summed E-state index contributed by atoms with van der Waals surface area (Å²) in [5, 5.41) is 0. The predicted molar refractivity (Wildman–Crippen MR) is 80.3 cm³/mol. The Morgan fingerprint density at radius 2 is 1.11 bits per heavy atom. The minimum absolute atomic E-state index is 0.0702. The van der Waals surface area contributed by atoms with Gasteiger partial charge in [0.1, 0.15) is 0 Å². The van der Waals surface area contributed by atoms with Gasteiger partial charge in [-0.3, -0.25) is 0 Å². The quantitative estimate of drug-likeness (QED) is 0.478. The van der Waals surface area contributed by atoms with Crippen LogP contribution < -0.4 is 0 Å². The van der Waals surface area contributed by atoms with Gasteiger partial charge in [-0.25, -0.2) is 0 Å². The lowest BCUT2D eigenvalue weighted by atomic mass is 10.4. The Morgan fingerprint density at radius 3 is 1.58 bits per heavy atom. The van der Waals surface area contributed by atoms with Crippen molar-refractivity contribution in [2.75, 3.05) is 0 Å². The van der Waals surface area contributed by atoms with Crippen LogP contribution in [-0.2, 0) is 10.9 Å². The molecule has 1 heteroatoms. The Labute approximate surface area is 117 Å². The van der Waals surface area contributed by atoms with Gasteiger partial charge in [-0.2, -0.15) is 18.2 Å². The van der Waals surface area contributed by atoms with Gasteiger partial charge in [-0.1, -0.05) is 36.4 Å². The lowest BCUT2D eigenvalue weighted by Gasteiger charge is -2.11. The van der Waals surface area contributed by atoms with E-state index in [0.29, 0.717) is 0 Å². The first-order valence-electron chi connectivity index (χ1n) is 6.26. The summed E-state index contributed by atoms with van der Waals surface area (Å²) in [4.78, 5) is 3.90. The maximum atomic E-state index is 3.38. The third-order valence-electron chi connectivity index (χ3n) is 2.86. The topological polar surface area (TPSA) is 0 Å². The van der Waals surface area contributed by atoms with Gasteiger partial charge in [-0.15, -0.1) is 12.1 Å². The number of hydrogen-bond donors (Lipinski definition) is 0. The van der Waals surface area contributed by atoms with Crippen LogP contribution in [0.1, 0.15) is 0 Å². The Hall–Kier alpha value is -1.99. The van der Waals surface area contributed by atoms with Crippen LogP contribution in [0.4, 0.5) is 0 Å².